The summed E-state index contributed by atoms with van der Waals surface area (Å²) in [5.74, 6) is 5.51. The molecule has 0 heteroatoms. The highest BCUT2D eigenvalue weighted by atomic mass is 14.5. The predicted molar refractivity (Wildman–Crippen MR) is 67.1 cm³/mol. The molecule has 5 rings (SSSR count). The van der Waals surface area contributed by atoms with E-state index in [4.69, 9.17) is 0 Å². The largest absolute Gasteiger partial charge is 0.0847 e. The van der Waals surface area contributed by atoms with Crippen LogP contribution in [0.4, 0.5) is 0 Å². The molecule has 0 amide bonds. The van der Waals surface area contributed by atoms with Crippen LogP contribution in [0.25, 0.3) is 0 Å². The van der Waals surface area contributed by atoms with Gasteiger partial charge in [-0.3, -0.25) is 0 Å². The molecule has 0 aromatic heterocycles. The molecule has 0 spiro atoms. The normalized spacial score (nSPS) is 50.5. The molecule has 0 N–H and O–H groups in total. The Morgan fingerprint density at radius 3 is 2.88 bits per heavy atom. The highest BCUT2D eigenvalue weighted by Gasteiger charge is 2.49. The van der Waals surface area contributed by atoms with Crippen LogP contribution >= 0.6 is 0 Å². The zero-order valence-electron chi connectivity index (χ0n) is 10.3. The van der Waals surface area contributed by atoms with Crippen LogP contribution in [-0.2, 0) is 0 Å². The summed E-state index contributed by atoms with van der Waals surface area (Å²) >= 11 is 0. The van der Waals surface area contributed by atoms with E-state index in [0.29, 0.717) is 0 Å². The van der Waals surface area contributed by atoms with Crippen LogP contribution in [0.1, 0.15) is 57.8 Å². The lowest BCUT2D eigenvalue weighted by molar-refractivity contribution is 0.258. The molecule has 5 unspecified atom stereocenters. The van der Waals surface area contributed by atoms with Crippen molar-refractivity contribution in [1.29, 1.82) is 0 Å². The topological polar surface area (TPSA) is 0 Å². The van der Waals surface area contributed by atoms with Crippen molar-refractivity contribution >= 4 is 0 Å². The minimum Gasteiger partial charge on any atom is -0.0847 e. The molecule has 0 radical (unpaired) electrons. The Labute approximate surface area is 99.5 Å². The average Bonchev–Trinajstić information content (AvgIpc) is 2.92. The first kappa shape index (κ1) is 9.74. The van der Waals surface area contributed by atoms with Gasteiger partial charge in [-0.1, -0.05) is 30.9 Å². The van der Waals surface area contributed by atoms with Crippen molar-refractivity contribution < 1.29 is 0 Å². The minimum absolute atomic E-state index is 1.06. The predicted octanol–water partition coefficient (Wildman–Crippen LogP) is 4.56. The standard InChI is InChI=1S/C16H24/c1-2-4-12-7-8-13-6-5-11(3-1)9-14-10-15(14)16(12)13/h8,11-12,14-16H,1-7,9-10H2. The Hall–Kier alpha value is -0.260. The fourth-order valence-corrected chi connectivity index (χ4v) is 5.08. The van der Waals surface area contributed by atoms with Crippen molar-refractivity contribution in [3.8, 4) is 0 Å². The van der Waals surface area contributed by atoms with Gasteiger partial charge >= 0.3 is 0 Å². The summed E-state index contributed by atoms with van der Waals surface area (Å²) in [6.07, 6.45) is 16.4. The SMILES string of the molecule is C1=C2CCC3CCCCC(C1)C2C1CC1C3. The van der Waals surface area contributed by atoms with Gasteiger partial charge in [0.05, 0.1) is 0 Å². The molecule has 16 heavy (non-hydrogen) atoms. The van der Waals surface area contributed by atoms with E-state index >= 15 is 0 Å². The number of hydrogen-bond donors (Lipinski definition) is 0. The number of fused-ring (bicyclic) bond motifs is 4. The smallest absolute Gasteiger partial charge is 0.0141 e. The van der Waals surface area contributed by atoms with Gasteiger partial charge in [0.1, 0.15) is 0 Å². The van der Waals surface area contributed by atoms with E-state index in [9.17, 15) is 0 Å². The third-order valence-electron chi connectivity index (χ3n) is 5.97. The van der Waals surface area contributed by atoms with Gasteiger partial charge in [-0.05, 0) is 68.1 Å². The van der Waals surface area contributed by atoms with Crippen LogP contribution < -0.4 is 0 Å². The molecule has 0 aromatic carbocycles. The zero-order chi connectivity index (χ0) is 10.5. The van der Waals surface area contributed by atoms with Crippen LogP contribution in [-0.4, -0.2) is 0 Å². The molecule has 0 aromatic rings. The molecule has 4 fully saturated rings. The average molecular weight is 216 g/mol. The second-order valence-corrected chi connectivity index (χ2v) is 6.89. The summed E-state index contributed by atoms with van der Waals surface area (Å²) in [5, 5.41) is 0. The van der Waals surface area contributed by atoms with Crippen molar-refractivity contribution in [2.75, 3.05) is 0 Å². The van der Waals surface area contributed by atoms with Crippen LogP contribution in [0.2, 0.25) is 0 Å². The summed E-state index contributed by atoms with van der Waals surface area (Å²) in [4.78, 5) is 0. The van der Waals surface area contributed by atoms with Crippen LogP contribution in [0.15, 0.2) is 11.6 Å². The van der Waals surface area contributed by atoms with Gasteiger partial charge in [-0.15, -0.1) is 0 Å². The number of rotatable bonds is 0. The summed E-state index contributed by atoms with van der Waals surface area (Å²) < 4.78 is 0. The van der Waals surface area contributed by atoms with Crippen LogP contribution in [0.5, 0.6) is 0 Å². The van der Waals surface area contributed by atoms with Crippen molar-refractivity contribution in [2.24, 2.45) is 29.6 Å². The Bertz CT molecular complexity index is 314. The maximum Gasteiger partial charge on any atom is -0.0141 e. The van der Waals surface area contributed by atoms with E-state index in [1.807, 2.05) is 5.57 Å². The summed E-state index contributed by atoms with van der Waals surface area (Å²) in [5.41, 5.74) is 1.91. The first-order chi connectivity index (χ1) is 7.92. The first-order valence-electron chi connectivity index (χ1n) is 7.61. The molecule has 5 atom stereocenters. The van der Waals surface area contributed by atoms with Crippen molar-refractivity contribution in [1.82, 2.24) is 0 Å². The van der Waals surface area contributed by atoms with E-state index in [-0.39, 0.29) is 0 Å². The molecule has 0 saturated heterocycles. The summed E-state index contributed by atoms with van der Waals surface area (Å²) in [6, 6.07) is 0. The Morgan fingerprint density at radius 2 is 1.88 bits per heavy atom. The first-order valence-corrected chi connectivity index (χ1v) is 7.61. The third kappa shape index (κ3) is 1.49. The second kappa shape index (κ2) is 3.62. The molecule has 5 aliphatic rings. The van der Waals surface area contributed by atoms with Crippen molar-refractivity contribution in [3.05, 3.63) is 11.6 Å². The van der Waals surface area contributed by atoms with Crippen LogP contribution in [0, 0.1) is 29.6 Å². The lowest BCUT2D eigenvalue weighted by Gasteiger charge is -2.30. The van der Waals surface area contributed by atoms with Gasteiger partial charge in [-0.2, -0.15) is 0 Å². The van der Waals surface area contributed by atoms with E-state index in [1.165, 1.54) is 32.1 Å². The van der Waals surface area contributed by atoms with Crippen LogP contribution in [0.3, 0.4) is 0 Å². The second-order valence-electron chi connectivity index (χ2n) is 6.89. The molecule has 0 heterocycles. The fraction of sp³-hybridized carbons (Fsp3) is 0.875. The fourth-order valence-electron chi connectivity index (χ4n) is 5.08. The summed E-state index contributed by atoms with van der Waals surface area (Å²) in [7, 11) is 0. The number of allylic oxidation sites excluding steroid dienone is 2. The van der Waals surface area contributed by atoms with Gasteiger partial charge in [0.15, 0.2) is 0 Å². The molecular weight excluding hydrogens is 192 g/mol. The molecular formula is C16H24. The molecule has 0 nitrogen and oxygen atoms in total. The van der Waals surface area contributed by atoms with Crippen molar-refractivity contribution in [3.63, 3.8) is 0 Å². The highest BCUT2D eigenvalue weighted by Crippen LogP contribution is 2.59. The number of hydrogen-bond acceptors (Lipinski definition) is 0. The molecule has 0 aliphatic heterocycles. The van der Waals surface area contributed by atoms with E-state index < -0.39 is 0 Å². The molecule has 4 saturated carbocycles. The Balaban J connectivity index is 1.67. The van der Waals surface area contributed by atoms with Gasteiger partial charge in [0, 0.05) is 0 Å². The van der Waals surface area contributed by atoms with E-state index in [2.05, 4.69) is 6.08 Å². The van der Waals surface area contributed by atoms with Gasteiger partial charge in [-0.25, -0.2) is 0 Å². The molecule has 88 valence electrons. The third-order valence-corrected chi connectivity index (χ3v) is 5.97. The monoisotopic (exact) mass is 216 g/mol. The van der Waals surface area contributed by atoms with Crippen molar-refractivity contribution in [2.45, 2.75) is 57.8 Å². The quantitative estimate of drug-likeness (QED) is 0.521. The van der Waals surface area contributed by atoms with Gasteiger partial charge in [0.2, 0.25) is 0 Å². The van der Waals surface area contributed by atoms with E-state index in [1.54, 1.807) is 25.7 Å². The highest BCUT2D eigenvalue weighted by molar-refractivity contribution is 5.21. The maximum absolute atomic E-state index is 2.65. The van der Waals surface area contributed by atoms with Gasteiger partial charge < -0.3 is 0 Å². The minimum atomic E-state index is 1.06. The zero-order valence-corrected chi connectivity index (χ0v) is 10.3. The Morgan fingerprint density at radius 1 is 0.938 bits per heavy atom. The maximum atomic E-state index is 2.65. The molecule has 4 bridgehead atoms. The Kier molecular flexibility index (Phi) is 2.20. The summed E-state index contributed by atoms with van der Waals surface area (Å²) in [6.45, 7) is 0. The van der Waals surface area contributed by atoms with E-state index in [0.717, 1.165) is 29.6 Å². The lowest BCUT2D eigenvalue weighted by atomic mass is 9.75. The molecule has 5 aliphatic carbocycles. The van der Waals surface area contributed by atoms with Gasteiger partial charge in [0.25, 0.3) is 0 Å². The lowest BCUT2D eigenvalue weighted by Crippen LogP contribution is -2.20.